The third kappa shape index (κ3) is 3.94. The zero-order chi connectivity index (χ0) is 13.8. The maximum atomic E-state index is 5.52. The predicted molar refractivity (Wildman–Crippen MR) is 85.8 cm³/mol. The number of ether oxygens (including phenoxy) is 1. The first-order valence-electron chi connectivity index (χ1n) is 6.55. The minimum Gasteiger partial charge on any atom is -0.495 e. The average molecular weight is 392 g/mol. The number of nitrogens with one attached hydrogen (secondary N) is 1. The molecule has 1 heterocycles. The van der Waals surface area contributed by atoms with Gasteiger partial charge < -0.3 is 10.1 Å². The molecule has 3 nitrogen and oxygen atoms in total. The van der Waals surface area contributed by atoms with Gasteiger partial charge in [-0.05, 0) is 54.5 Å². The van der Waals surface area contributed by atoms with Crippen molar-refractivity contribution in [3.8, 4) is 5.75 Å². The molecule has 0 radical (unpaired) electrons. The molecule has 0 spiro atoms. The Kier molecular flexibility index (Phi) is 5.69. The van der Waals surface area contributed by atoms with Crippen LogP contribution in [0.4, 0.5) is 0 Å². The molecule has 1 fully saturated rings. The SMILES string of the molecule is CNC1CCCN(Cc2cc(Br)cc(Br)c2OC)C1. The second kappa shape index (κ2) is 7.07. The highest BCUT2D eigenvalue weighted by molar-refractivity contribution is 9.11. The van der Waals surface area contributed by atoms with Crippen molar-refractivity contribution in [2.24, 2.45) is 0 Å². The minimum atomic E-state index is 0.607. The molecule has 1 aliphatic heterocycles. The number of halogens is 2. The maximum Gasteiger partial charge on any atom is 0.137 e. The van der Waals surface area contributed by atoms with Gasteiger partial charge in [-0.1, -0.05) is 15.9 Å². The van der Waals surface area contributed by atoms with Gasteiger partial charge in [0.05, 0.1) is 11.6 Å². The first-order valence-corrected chi connectivity index (χ1v) is 8.14. The van der Waals surface area contributed by atoms with Gasteiger partial charge in [0.1, 0.15) is 5.75 Å². The van der Waals surface area contributed by atoms with Crippen molar-refractivity contribution < 1.29 is 4.74 Å². The molecule has 1 aliphatic rings. The summed E-state index contributed by atoms with van der Waals surface area (Å²) in [4.78, 5) is 2.49. The van der Waals surface area contributed by atoms with Crippen molar-refractivity contribution in [3.05, 3.63) is 26.6 Å². The Morgan fingerprint density at radius 3 is 2.89 bits per heavy atom. The zero-order valence-corrected chi connectivity index (χ0v) is 14.6. The van der Waals surface area contributed by atoms with Crippen LogP contribution < -0.4 is 10.1 Å². The molecule has 1 aromatic carbocycles. The lowest BCUT2D eigenvalue weighted by Crippen LogP contribution is -2.43. The summed E-state index contributed by atoms with van der Waals surface area (Å²) < 4.78 is 7.60. The Hall–Kier alpha value is -0.100. The first kappa shape index (κ1) is 15.3. The highest BCUT2D eigenvalue weighted by atomic mass is 79.9. The number of methoxy groups -OCH3 is 1. The van der Waals surface area contributed by atoms with Gasteiger partial charge in [0.25, 0.3) is 0 Å². The number of rotatable bonds is 4. The van der Waals surface area contributed by atoms with Crippen LogP contribution in [0, 0.1) is 0 Å². The third-order valence-electron chi connectivity index (χ3n) is 3.60. The van der Waals surface area contributed by atoms with Gasteiger partial charge in [0.15, 0.2) is 0 Å². The lowest BCUT2D eigenvalue weighted by Gasteiger charge is -2.33. The topological polar surface area (TPSA) is 24.5 Å². The summed E-state index contributed by atoms with van der Waals surface area (Å²) in [6.45, 7) is 3.19. The standard InChI is InChI=1S/C14H20Br2N2O/c1-17-12-4-3-5-18(9-12)8-10-6-11(15)7-13(16)14(10)19-2/h6-7,12,17H,3-5,8-9H2,1-2H3. The lowest BCUT2D eigenvalue weighted by atomic mass is 10.0. The number of likely N-dealkylation sites (tertiary alicyclic amines) is 1. The molecule has 0 saturated carbocycles. The van der Waals surface area contributed by atoms with Crippen LogP contribution in [0.3, 0.4) is 0 Å². The summed E-state index contributed by atoms with van der Waals surface area (Å²) in [5.74, 6) is 0.940. The smallest absolute Gasteiger partial charge is 0.137 e. The van der Waals surface area contributed by atoms with Crippen molar-refractivity contribution in [2.75, 3.05) is 27.2 Å². The second-order valence-corrected chi connectivity index (χ2v) is 6.71. The minimum absolute atomic E-state index is 0.607. The fraction of sp³-hybridized carbons (Fsp3) is 0.571. The molecule has 5 heteroatoms. The molecule has 1 atom stereocenters. The van der Waals surface area contributed by atoms with Gasteiger partial charge in [-0.15, -0.1) is 0 Å². The molecular formula is C14H20Br2N2O. The van der Waals surface area contributed by atoms with E-state index in [1.54, 1.807) is 7.11 Å². The first-order chi connectivity index (χ1) is 9.13. The van der Waals surface area contributed by atoms with Gasteiger partial charge in [-0.2, -0.15) is 0 Å². The second-order valence-electron chi connectivity index (χ2n) is 4.94. The van der Waals surface area contributed by atoms with E-state index in [1.165, 1.54) is 18.4 Å². The van der Waals surface area contributed by atoms with E-state index in [0.717, 1.165) is 34.3 Å². The van der Waals surface area contributed by atoms with E-state index < -0.39 is 0 Å². The summed E-state index contributed by atoms with van der Waals surface area (Å²) in [5, 5.41) is 3.38. The normalized spacial score (nSPS) is 20.5. The van der Waals surface area contributed by atoms with Crippen LogP contribution in [0.25, 0.3) is 0 Å². The summed E-state index contributed by atoms with van der Waals surface area (Å²) in [7, 11) is 3.77. The Morgan fingerprint density at radius 1 is 1.42 bits per heavy atom. The van der Waals surface area contributed by atoms with Gasteiger partial charge >= 0.3 is 0 Å². The van der Waals surface area contributed by atoms with Crippen molar-refractivity contribution in [1.29, 1.82) is 0 Å². The highest BCUT2D eigenvalue weighted by Crippen LogP contribution is 2.33. The predicted octanol–water partition coefficient (Wildman–Crippen LogP) is 3.40. The lowest BCUT2D eigenvalue weighted by molar-refractivity contribution is 0.186. The molecule has 2 rings (SSSR count). The summed E-state index contributed by atoms with van der Waals surface area (Å²) >= 11 is 7.11. The highest BCUT2D eigenvalue weighted by Gasteiger charge is 2.20. The number of likely N-dealkylation sites (N-methyl/N-ethyl adjacent to an activating group) is 1. The monoisotopic (exact) mass is 390 g/mol. The fourth-order valence-corrected chi connectivity index (χ4v) is 4.11. The van der Waals surface area contributed by atoms with E-state index in [1.807, 2.05) is 13.1 Å². The molecular weight excluding hydrogens is 372 g/mol. The van der Waals surface area contributed by atoms with E-state index >= 15 is 0 Å². The Bertz CT molecular complexity index is 440. The van der Waals surface area contributed by atoms with Crippen molar-refractivity contribution in [3.63, 3.8) is 0 Å². The van der Waals surface area contributed by atoms with E-state index in [-0.39, 0.29) is 0 Å². The summed E-state index contributed by atoms with van der Waals surface area (Å²) in [6, 6.07) is 4.77. The zero-order valence-electron chi connectivity index (χ0n) is 11.4. The van der Waals surface area contributed by atoms with E-state index in [9.17, 15) is 0 Å². The number of hydrogen-bond donors (Lipinski definition) is 1. The van der Waals surface area contributed by atoms with Crippen LogP contribution in [0.2, 0.25) is 0 Å². The van der Waals surface area contributed by atoms with Gasteiger partial charge in [0, 0.05) is 29.2 Å². The van der Waals surface area contributed by atoms with Gasteiger partial charge in [-0.3, -0.25) is 4.90 Å². The van der Waals surface area contributed by atoms with E-state index in [0.29, 0.717) is 6.04 Å². The molecule has 0 amide bonds. The van der Waals surface area contributed by atoms with Crippen molar-refractivity contribution in [2.45, 2.75) is 25.4 Å². The molecule has 1 unspecified atom stereocenters. The van der Waals surface area contributed by atoms with Crippen LogP contribution in [-0.2, 0) is 6.54 Å². The van der Waals surface area contributed by atoms with E-state index in [4.69, 9.17) is 4.74 Å². The number of piperidine rings is 1. The van der Waals surface area contributed by atoms with Gasteiger partial charge in [0.2, 0.25) is 0 Å². The van der Waals surface area contributed by atoms with Crippen molar-refractivity contribution in [1.82, 2.24) is 10.2 Å². The number of hydrogen-bond acceptors (Lipinski definition) is 3. The fourth-order valence-electron chi connectivity index (χ4n) is 2.64. The van der Waals surface area contributed by atoms with Crippen molar-refractivity contribution >= 4 is 31.9 Å². The largest absolute Gasteiger partial charge is 0.495 e. The summed E-state index contributed by atoms with van der Waals surface area (Å²) in [6.07, 6.45) is 2.52. The van der Waals surface area contributed by atoms with Crippen LogP contribution >= 0.6 is 31.9 Å². The Labute approximate surface area is 132 Å². The van der Waals surface area contributed by atoms with Gasteiger partial charge in [-0.25, -0.2) is 0 Å². The average Bonchev–Trinajstić information content (AvgIpc) is 2.38. The molecule has 0 aromatic heterocycles. The number of benzene rings is 1. The van der Waals surface area contributed by atoms with Crippen LogP contribution in [0.5, 0.6) is 5.75 Å². The molecule has 1 saturated heterocycles. The van der Waals surface area contributed by atoms with E-state index in [2.05, 4.69) is 48.1 Å². The molecule has 0 bridgehead atoms. The van der Waals surface area contributed by atoms with Crippen LogP contribution in [-0.4, -0.2) is 38.2 Å². The molecule has 1 N–H and O–H groups in total. The van der Waals surface area contributed by atoms with Crippen LogP contribution in [0.15, 0.2) is 21.1 Å². The van der Waals surface area contributed by atoms with Crippen LogP contribution in [0.1, 0.15) is 18.4 Å². The maximum absolute atomic E-state index is 5.52. The molecule has 1 aromatic rings. The summed E-state index contributed by atoms with van der Waals surface area (Å²) in [5.41, 5.74) is 1.22. The molecule has 106 valence electrons. The number of nitrogens with zero attached hydrogens (tertiary/aromatic N) is 1. The quantitative estimate of drug-likeness (QED) is 0.851. The molecule has 19 heavy (non-hydrogen) atoms. The Morgan fingerprint density at radius 2 is 2.21 bits per heavy atom. The Balaban J connectivity index is 2.14. The molecule has 0 aliphatic carbocycles. The third-order valence-corrected chi connectivity index (χ3v) is 4.64.